The molecule has 0 saturated carbocycles. The standard InChI is InChI=1S/C16H28N4O/c1-13-11-15(17-18(13)4)20-6-5-14(16(20,2)3)12-19-7-9-21-10-8-19/h11,14H,5-10,12H2,1-4H3. The number of morpholine rings is 1. The molecule has 5 nitrogen and oxygen atoms in total. The van der Waals surface area contributed by atoms with Crippen LogP contribution in [0, 0.1) is 12.8 Å². The molecule has 21 heavy (non-hydrogen) atoms. The first-order chi connectivity index (χ1) is 9.98. The van der Waals surface area contributed by atoms with Crippen molar-refractivity contribution in [2.24, 2.45) is 13.0 Å². The fourth-order valence-electron chi connectivity index (χ4n) is 3.64. The zero-order chi connectivity index (χ0) is 15.0. The Kier molecular flexibility index (Phi) is 3.97. The minimum absolute atomic E-state index is 0.166. The third-order valence-corrected chi connectivity index (χ3v) is 5.36. The molecule has 5 heteroatoms. The largest absolute Gasteiger partial charge is 0.379 e. The molecule has 2 saturated heterocycles. The number of rotatable bonds is 3. The quantitative estimate of drug-likeness (QED) is 0.848. The van der Waals surface area contributed by atoms with E-state index in [1.54, 1.807) is 0 Å². The maximum absolute atomic E-state index is 5.46. The Hall–Kier alpha value is -1.07. The van der Waals surface area contributed by atoms with Crippen molar-refractivity contribution >= 4 is 5.82 Å². The lowest BCUT2D eigenvalue weighted by atomic mass is 9.87. The molecule has 0 bridgehead atoms. The van der Waals surface area contributed by atoms with Gasteiger partial charge in [-0.1, -0.05) is 0 Å². The van der Waals surface area contributed by atoms with Crippen molar-refractivity contribution in [2.75, 3.05) is 44.3 Å². The number of anilines is 1. The Morgan fingerprint density at radius 1 is 1.29 bits per heavy atom. The average Bonchev–Trinajstić information content (AvgIpc) is 2.92. The highest BCUT2D eigenvalue weighted by molar-refractivity contribution is 5.44. The molecule has 3 rings (SSSR count). The summed E-state index contributed by atoms with van der Waals surface area (Å²) in [6, 6.07) is 2.21. The van der Waals surface area contributed by atoms with E-state index in [9.17, 15) is 0 Å². The van der Waals surface area contributed by atoms with E-state index in [1.807, 2.05) is 11.7 Å². The normalized spacial score (nSPS) is 26.5. The lowest BCUT2D eigenvalue weighted by Crippen LogP contribution is -2.48. The zero-order valence-corrected chi connectivity index (χ0v) is 13.8. The summed E-state index contributed by atoms with van der Waals surface area (Å²) in [7, 11) is 2.02. The van der Waals surface area contributed by atoms with Crippen molar-refractivity contribution in [1.82, 2.24) is 14.7 Å². The van der Waals surface area contributed by atoms with Crippen molar-refractivity contribution in [3.05, 3.63) is 11.8 Å². The molecule has 0 aromatic carbocycles. The molecule has 1 aromatic heterocycles. The highest BCUT2D eigenvalue weighted by Crippen LogP contribution is 2.38. The molecule has 1 atom stereocenters. The van der Waals surface area contributed by atoms with Crippen molar-refractivity contribution in [3.63, 3.8) is 0 Å². The molecular formula is C16H28N4O. The summed E-state index contributed by atoms with van der Waals surface area (Å²) < 4.78 is 7.43. The number of hydrogen-bond acceptors (Lipinski definition) is 4. The smallest absolute Gasteiger partial charge is 0.151 e. The first-order valence-corrected chi connectivity index (χ1v) is 8.07. The van der Waals surface area contributed by atoms with Gasteiger partial charge in [0.05, 0.1) is 13.2 Å². The number of ether oxygens (including phenoxy) is 1. The summed E-state index contributed by atoms with van der Waals surface area (Å²) in [6.07, 6.45) is 1.25. The predicted molar refractivity (Wildman–Crippen MR) is 84.7 cm³/mol. The van der Waals surface area contributed by atoms with Gasteiger partial charge in [0.2, 0.25) is 0 Å². The van der Waals surface area contributed by atoms with Crippen LogP contribution in [0.15, 0.2) is 6.07 Å². The monoisotopic (exact) mass is 292 g/mol. The van der Waals surface area contributed by atoms with Gasteiger partial charge in [0.15, 0.2) is 5.82 Å². The average molecular weight is 292 g/mol. The highest BCUT2D eigenvalue weighted by Gasteiger charge is 2.42. The van der Waals surface area contributed by atoms with Crippen LogP contribution in [0.2, 0.25) is 0 Å². The van der Waals surface area contributed by atoms with Gasteiger partial charge in [0.25, 0.3) is 0 Å². The fourth-order valence-corrected chi connectivity index (χ4v) is 3.64. The van der Waals surface area contributed by atoms with Gasteiger partial charge in [0, 0.05) is 50.5 Å². The molecule has 0 amide bonds. The number of hydrogen-bond donors (Lipinski definition) is 0. The first kappa shape index (κ1) is 14.9. The molecular weight excluding hydrogens is 264 g/mol. The second-order valence-corrected chi connectivity index (χ2v) is 6.97. The molecule has 0 aliphatic carbocycles. The fraction of sp³-hybridized carbons (Fsp3) is 0.812. The molecule has 0 N–H and O–H groups in total. The van der Waals surface area contributed by atoms with Crippen LogP contribution in [0.4, 0.5) is 5.82 Å². The molecule has 2 fully saturated rings. The van der Waals surface area contributed by atoms with Crippen LogP contribution in [0.25, 0.3) is 0 Å². The van der Waals surface area contributed by atoms with Crippen LogP contribution < -0.4 is 4.90 Å². The van der Waals surface area contributed by atoms with E-state index >= 15 is 0 Å². The van der Waals surface area contributed by atoms with Crippen LogP contribution >= 0.6 is 0 Å². The minimum atomic E-state index is 0.166. The lowest BCUT2D eigenvalue weighted by Gasteiger charge is -2.39. The van der Waals surface area contributed by atoms with E-state index in [-0.39, 0.29) is 5.54 Å². The molecule has 0 spiro atoms. The molecule has 3 heterocycles. The van der Waals surface area contributed by atoms with Gasteiger partial charge in [-0.25, -0.2) is 0 Å². The minimum Gasteiger partial charge on any atom is -0.379 e. The Balaban J connectivity index is 1.71. The summed E-state index contributed by atoms with van der Waals surface area (Å²) in [5, 5.41) is 4.68. The zero-order valence-electron chi connectivity index (χ0n) is 13.8. The summed E-state index contributed by atoms with van der Waals surface area (Å²) in [4.78, 5) is 5.05. The van der Waals surface area contributed by atoms with Crippen molar-refractivity contribution in [2.45, 2.75) is 32.7 Å². The molecule has 0 radical (unpaired) electrons. The summed E-state index contributed by atoms with van der Waals surface area (Å²) in [5.74, 6) is 1.82. The van der Waals surface area contributed by atoms with E-state index in [0.717, 1.165) is 38.7 Å². The Labute approximate surface area is 127 Å². The van der Waals surface area contributed by atoms with Crippen LogP contribution in [-0.4, -0.2) is 59.6 Å². The van der Waals surface area contributed by atoms with Gasteiger partial charge in [0.1, 0.15) is 0 Å². The highest BCUT2D eigenvalue weighted by atomic mass is 16.5. The van der Waals surface area contributed by atoms with Crippen LogP contribution in [-0.2, 0) is 11.8 Å². The third kappa shape index (κ3) is 2.81. The van der Waals surface area contributed by atoms with E-state index in [1.165, 1.54) is 18.7 Å². The Morgan fingerprint density at radius 3 is 2.62 bits per heavy atom. The van der Waals surface area contributed by atoms with E-state index in [2.05, 4.69) is 41.7 Å². The second-order valence-electron chi connectivity index (χ2n) is 6.97. The first-order valence-electron chi connectivity index (χ1n) is 8.07. The lowest BCUT2D eigenvalue weighted by molar-refractivity contribution is 0.0274. The topological polar surface area (TPSA) is 33.5 Å². The summed E-state index contributed by atoms with van der Waals surface area (Å²) >= 11 is 0. The van der Waals surface area contributed by atoms with E-state index in [4.69, 9.17) is 4.74 Å². The maximum Gasteiger partial charge on any atom is 0.151 e. The predicted octanol–water partition coefficient (Wildman–Crippen LogP) is 1.67. The van der Waals surface area contributed by atoms with Gasteiger partial charge in [-0.15, -0.1) is 0 Å². The molecule has 2 aliphatic rings. The van der Waals surface area contributed by atoms with E-state index < -0.39 is 0 Å². The van der Waals surface area contributed by atoms with Crippen LogP contribution in [0.1, 0.15) is 26.0 Å². The second kappa shape index (κ2) is 5.61. The third-order valence-electron chi connectivity index (χ3n) is 5.36. The SMILES string of the molecule is Cc1cc(N2CCC(CN3CCOCC3)C2(C)C)nn1C. The Bertz CT molecular complexity index is 471. The number of aryl methyl sites for hydroxylation is 2. The van der Waals surface area contributed by atoms with Crippen LogP contribution in [0.5, 0.6) is 0 Å². The van der Waals surface area contributed by atoms with Gasteiger partial charge in [-0.05, 0) is 33.1 Å². The van der Waals surface area contributed by atoms with E-state index in [0.29, 0.717) is 5.92 Å². The van der Waals surface area contributed by atoms with Gasteiger partial charge in [-0.3, -0.25) is 9.58 Å². The van der Waals surface area contributed by atoms with Crippen molar-refractivity contribution < 1.29 is 4.74 Å². The van der Waals surface area contributed by atoms with Gasteiger partial charge in [-0.2, -0.15) is 5.10 Å². The Morgan fingerprint density at radius 2 is 2.00 bits per heavy atom. The number of aromatic nitrogens is 2. The summed E-state index contributed by atoms with van der Waals surface area (Å²) in [5.41, 5.74) is 1.39. The molecule has 1 aromatic rings. The van der Waals surface area contributed by atoms with Crippen molar-refractivity contribution in [1.29, 1.82) is 0 Å². The van der Waals surface area contributed by atoms with Gasteiger partial charge < -0.3 is 9.64 Å². The molecule has 118 valence electrons. The molecule has 2 aliphatic heterocycles. The maximum atomic E-state index is 5.46. The van der Waals surface area contributed by atoms with Gasteiger partial charge >= 0.3 is 0 Å². The van der Waals surface area contributed by atoms with Crippen LogP contribution in [0.3, 0.4) is 0 Å². The number of nitrogens with zero attached hydrogens (tertiary/aromatic N) is 4. The molecule has 1 unspecified atom stereocenters. The van der Waals surface area contributed by atoms with Crippen molar-refractivity contribution in [3.8, 4) is 0 Å². The summed E-state index contributed by atoms with van der Waals surface area (Å²) in [6.45, 7) is 13.1.